The highest BCUT2D eigenvalue weighted by atomic mass is 32.2. The van der Waals surface area contributed by atoms with E-state index in [0.717, 1.165) is 37.1 Å². The monoisotopic (exact) mass is 457 g/mol. The number of hydrogen-bond donors (Lipinski definition) is 1. The van der Waals surface area contributed by atoms with Crippen molar-refractivity contribution in [3.8, 4) is 0 Å². The van der Waals surface area contributed by atoms with Gasteiger partial charge in [0.2, 0.25) is 15.9 Å². The number of hydrogen-bond acceptors (Lipinski definition) is 4. The topological polar surface area (TPSA) is 86.8 Å². The summed E-state index contributed by atoms with van der Waals surface area (Å²) in [5.41, 5.74) is 3.51. The molecule has 2 aromatic carbocycles. The van der Waals surface area contributed by atoms with Crippen molar-refractivity contribution < 1.29 is 18.0 Å². The first-order valence-corrected chi connectivity index (χ1v) is 12.8. The number of para-hydroxylation sites is 1. The predicted octanol–water partition coefficient (Wildman–Crippen LogP) is 3.72. The van der Waals surface area contributed by atoms with Crippen LogP contribution in [0.3, 0.4) is 0 Å². The van der Waals surface area contributed by atoms with Crippen molar-refractivity contribution in [3.05, 3.63) is 59.2 Å². The van der Waals surface area contributed by atoms with Gasteiger partial charge in [-0.2, -0.15) is 0 Å². The average molecular weight is 458 g/mol. The number of carbonyl (C=O) groups is 2. The Labute approximate surface area is 190 Å². The highest BCUT2D eigenvalue weighted by molar-refractivity contribution is 7.92. The van der Waals surface area contributed by atoms with Crippen molar-refractivity contribution in [2.45, 2.75) is 39.5 Å². The summed E-state index contributed by atoms with van der Waals surface area (Å²) in [6.07, 6.45) is 3.67. The van der Waals surface area contributed by atoms with Gasteiger partial charge in [0.25, 0.3) is 5.91 Å². The first-order valence-electron chi connectivity index (χ1n) is 10.9. The fourth-order valence-corrected chi connectivity index (χ4v) is 4.95. The molecule has 1 heterocycles. The van der Waals surface area contributed by atoms with Crippen molar-refractivity contribution in [1.82, 2.24) is 4.90 Å². The third-order valence-electron chi connectivity index (χ3n) is 5.83. The van der Waals surface area contributed by atoms with Crippen LogP contribution in [0.1, 0.15) is 47.2 Å². The lowest BCUT2D eigenvalue weighted by Gasteiger charge is -2.25. The summed E-state index contributed by atoms with van der Waals surface area (Å²) in [5, 5.41) is 2.83. The highest BCUT2D eigenvalue weighted by Crippen LogP contribution is 2.25. The quantitative estimate of drug-likeness (QED) is 0.654. The molecule has 0 unspecified atom stereocenters. The molecule has 0 radical (unpaired) electrons. The summed E-state index contributed by atoms with van der Waals surface area (Å²) in [6.45, 7) is 5.50. The number of likely N-dealkylation sites (tertiary alicyclic amines) is 1. The third-order valence-corrected chi connectivity index (χ3v) is 7.01. The van der Waals surface area contributed by atoms with E-state index < -0.39 is 10.0 Å². The average Bonchev–Trinajstić information content (AvgIpc) is 3.28. The van der Waals surface area contributed by atoms with Gasteiger partial charge in [-0.25, -0.2) is 8.42 Å². The van der Waals surface area contributed by atoms with Crippen molar-refractivity contribution >= 4 is 33.2 Å². The second-order valence-electron chi connectivity index (χ2n) is 8.25. The number of amides is 2. The minimum absolute atomic E-state index is 0.0726. The Hall–Kier alpha value is -2.87. The minimum atomic E-state index is -3.49. The van der Waals surface area contributed by atoms with E-state index in [1.54, 1.807) is 35.2 Å². The van der Waals surface area contributed by atoms with Gasteiger partial charge in [-0.1, -0.05) is 24.3 Å². The second kappa shape index (κ2) is 10.2. The van der Waals surface area contributed by atoms with E-state index in [-0.39, 0.29) is 24.8 Å². The lowest BCUT2D eigenvalue weighted by molar-refractivity contribution is -0.116. The van der Waals surface area contributed by atoms with Crippen LogP contribution in [-0.2, 0) is 14.8 Å². The smallest absolute Gasteiger partial charge is 0.255 e. The summed E-state index contributed by atoms with van der Waals surface area (Å²) < 4.78 is 26.1. The molecule has 172 valence electrons. The molecule has 0 aliphatic carbocycles. The van der Waals surface area contributed by atoms with Crippen LogP contribution < -0.4 is 9.62 Å². The van der Waals surface area contributed by atoms with Gasteiger partial charge in [-0.15, -0.1) is 0 Å². The maximum Gasteiger partial charge on any atom is 0.255 e. The lowest BCUT2D eigenvalue weighted by atomic mass is 10.1. The molecule has 1 saturated heterocycles. The molecule has 1 aliphatic heterocycles. The Kier molecular flexibility index (Phi) is 7.56. The maximum atomic E-state index is 12.8. The normalized spacial score (nSPS) is 13.8. The van der Waals surface area contributed by atoms with Gasteiger partial charge in [0, 0.05) is 26.1 Å². The third kappa shape index (κ3) is 5.68. The van der Waals surface area contributed by atoms with Crippen LogP contribution in [-0.4, -0.2) is 51.0 Å². The number of nitrogens with one attached hydrogen (secondary N) is 1. The van der Waals surface area contributed by atoms with Gasteiger partial charge in [-0.05, 0) is 62.4 Å². The lowest BCUT2D eigenvalue weighted by Crippen LogP contribution is -2.32. The highest BCUT2D eigenvalue weighted by Gasteiger charge is 2.23. The number of carbonyl (C=O) groups excluding carboxylic acids is 2. The van der Waals surface area contributed by atoms with Crippen molar-refractivity contribution in [3.63, 3.8) is 0 Å². The molecule has 0 atom stereocenters. The van der Waals surface area contributed by atoms with Crippen LogP contribution in [0.4, 0.5) is 11.4 Å². The Morgan fingerprint density at radius 3 is 2.41 bits per heavy atom. The number of sulfonamides is 1. The molecule has 3 rings (SSSR count). The summed E-state index contributed by atoms with van der Waals surface area (Å²) in [4.78, 5) is 27.2. The van der Waals surface area contributed by atoms with Gasteiger partial charge in [0.1, 0.15) is 0 Å². The van der Waals surface area contributed by atoms with E-state index in [2.05, 4.69) is 5.32 Å². The number of benzene rings is 2. The fraction of sp³-hybridized carbons (Fsp3) is 0.417. The number of nitrogens with zero attached hydrogens (tertiary/aromatic N) is 2. The number of anilines is 2. The Morgan fingerprint density at radius 1 is 1.03 bits per heavy atom. The summed E-state index contributed by atoms with van der Waals surface area (Å²) in [5.74, 6) is -0.322. The largest absolute Gasteiger partial charge is 0.339 e. The molecule has 1 aliphatic rings. The summed E-state index contributed by atoms with van der Waals surface area (Å²) in [7, 11) is -3.49. The molecule has 32 heavy (non-hydrogen) atoms. The Morgan fingerprint density at radius 2 is 1.72 bits per heavy atom. The molecule has 8 heteroatoms. The zero-order valence-electron chi connectivity index (χ0n) is 18.9. The van der Waals surface area contributed by atoms with E-state index in [1.807, 2.05) is 26.0 Å². The zero-order valence-corrected chi connectivity index (χ0v) is 19.7. The van der Waals surface area contributed by atoms with Crippen molar-refractivity contribution in [2.75, 3.05) is 35.5 Å². The van der Waals surface area contributed by atoms with Crippen LogP contribution in [0.2, 0.25) is 0 Å². The summed E-state index contributed by atoms with van der Waals surface area (Å²) in [6, 6.07) is 12.6. The van der Waals surface area contributed by atoms with E-state index in [4.69, 9.17) is 0 Å². The van der Waals surface area contributed by atoms with Crippen molar-refractivity contribution in [2.24, 2.45) is 0 Å². The molecule has 0 spiro atoms. The van der Waals surface area contributed by atoms with Gasteiger partial charge < -0.3 is 10.2 Å². The molecular weight excluding hydrogens is 426 g/mol. The first-order chi connectivity index (χ1) is 15.2. The van der Waals surface area contributed by atoms with Gasteiger partial charge >= 0.3 is 0 Å². The summed E-state index contributed by atoms with van der Waals surface area (Å²) >= 11 is 0. The molecular formula is C24H31N3O4S. The second-order valence-corrected chi connectivity index (χ2v) is 10.2. The number of rotatable bonds is 8. The van der Waals surface area contributed by atoms with E-state index >= 15 is 0 Å². The molecule has 7 nitrogen and oxygen atoms in total. The van der Waals surface area contributed by atoms with Gasteiger partial charge in [-0.3, -0.25) is 13.9 Å². The van der Waals surface area contributed by atoms with Crippen LogP contribution in [0, 0.1) is 13.8 Å². The molecule has 0 bridgehead atoms. The Balaban J connectivity index is 1.65. The number of aryl methyl sites for hydroxylation is 1. The standard InChI is InChI=1S/C24H31N3O4S/c1-18-10-8-13-22(19(18)2)27(32(3,30)31)17-9-14-23(28)25-21-12-5-4-11-20(21)24(29)26-15-6-7-16-26/h4-5,8,10-13H,6-7,9,14-17H2,1-3H3,(H,25,28). The maximum absolute atomic E-state index is 12.8. The molecule has 2 aromatic rings. The molecule has 1 fully saturated rings. The van der Waals surface area contributed by atoms with E-state index in [9.17, 15) is 18.0 Å². The predicted molar refractivity (Wildman–Crippen MR) is 128 cm³/mol. The SMILES string of the molecule is Cc1cccc(N(CCCC(=O)Nc2ccccc2C(=O)N2CCCC2)S(C)(=O)=O)c1C. The van der Waals surface area contributed by atoms with Crippen LogP contribution >= 0.6 is 0 Å². The van der Waals surface area contributed by atoms with E-state index in [0.29, 0.717) is 23.4 Å². The van der Waals surface area contributed by atoms with Gasteiger partial charge in [0.15, 0.2) is 0 Å². The molecule has 0 saturated carbocycles. The minimum Gasteiger partial charge on any atom is -0.339 e. The van der Waals surface area contributed by atoms with Gasteiger partial charge in [0.05, 0.1) is 23.2 Å². The fourth-order valence-electron chi connectivity index (χ4n) is 3.94. The molecule has 0 aromatic heterocycles. The Bertz CT molecular complexity index is 1090. The molecule has 2 amide bonds. The zero-order chi connectivity index (χ0) is 23.3. The molecule has 1 N–H and O–H groups in total. The van der Waals surface area contributed by atoms with E-state index in [1.165, 1.54) is 10.6 Å². The first kappa shape index (κ1) is 23.8. The van der Waals surface area contributed by atoms with Crippen LogP contribution in [0.5, 0.6) is 0 Å². The van der Waals surface area contributed by atoms with Crippen LogP contribution in [0.25, 0.3) is 0 Å². The van der Waals surface area contributed by atoms with Crippen LogP contribution in [0.15, 0.2) is 42.5 Å². The van der Waals surface area contributed by atoms with Crippen molar-refractivity contribution in [1.29, 1.82) is 0 Å².